The van der Waals surface area contributed by atoms with E-state index in [1.807, 2.05) is 20.8 Å². The van der Waals surface area contributed by atoms with Gasteiger partial charge in [0.05, 0.1) is 13.7 Å². The number of ether oxygens (including phenoxy) is 2. The van der Waals surface area contributed by atoms with Gasteiger partial charge < -0.3 is 9.47 Å². The fraction of sp³-hybridized carbons (Fsp3) is 0.438. The predicted octanol–water partition coefficient (Wildman–Crippen LogP) is 3.80. The number of amides is 1. The van der Waals surface area contributed by atoms with Crippen molar-refractivity contribution in [2.45, 2.75) is 32.7 Å². The largest absolute Gasteiger partial charge is 0.573 e. The number of nitrogens with zero attached hydrogens (tertiary/aromatic N) is 1. The Balaban J connectivity index is 2.77. The first-order valence-corrected chi connectivity index (χ1v) is 6.73. The molecule has 0 saturated carbocycles. The number of carbonyl (C=O) groups excluding carboxylic acids is 1. The van der Waals surface area contributed by atoms with E-state index in [1.54, 1.807) is 0 Å². The molecule has 0 saturated heterocycles. The fourth-order valence-electron chi connectivity index (χ4n) is 1.65. The lowest BCUT2D eigenvalue weighted by Gasteiger charge is -2.32. The highest BCUT2D eigenvalue weighted by Gasteiger charge is 2.31. The van der Waals surface area contributed by atoms with Crippen LogP contribution in [0.15, 0.2) is 24.3 Å². The van der Waals surface area contributed by atoms with Crippen LogP contribution in [0.3, 0.4) is 0 Å². The van der Waals surface area contributed by atoms with Gasteiger partial charge in [0, 0.05) is 11.1 Å². The summed E-state index contributed by atoms with van der Waals surface area (Å²) in [5.74, 6) is 5.27. The molecule has 0 aromatic heterocycles. The Morgan fingerprint density at radius 2 is 1.74 bits per heavy atom. The summed E-state index contributed by atoms with van der Waals surface area (Å²) in [6, 6.07) is 5.18. The minimum atomic E-state index is -4.72. The Labute approximate surface area is 133 Å². The average Bonchev–Trinajstić information content (AvgIpc) is 2.41. The first-order chi connectivity index (χ1) is 10.5. The van der Waals surface area contributed by atoms with E-state index in [9.17, 15) is 18.0 Å². The van der Waals surface area contributed by atoms with Crippen molar-refractivity contribution in [3.63, 3.8) is 0 Å². The van der Waals surface area contributed by atoms with Gasteiger partial charge in [-0.2, -0.15) is 0 Å². The molecule has 0 fully saturated rings. The van der Waals surface area contributed by atoms with Crippen molar-refractivity contribution < 1.29 is 27.4 Å². The Kier molecular flexibility index (Phi) is 5.91. The van der Waals surface area contributed by atoms with Gasteiger partial charge in [-0.15, -0.1) is 13.2 Å². The van der Waals surface area contributed by atoms with Gasteiger partial charge in [-0.3, -0.25) is 4.90 Å². The molecule has 0 atom stereocenters. The summed E-state index contributed by atoms with van der Waals surface area (Å²) in [6.07, 6.45) is -5.22. The lowest BCUT2D eigenvalue weighted by atomic mass is 10.1. The second-order valence-corrected chi connectivity index (χ2v) is 5.60. The van der Waals surface area contributed by atoms with Crippen LogP contribution in [0.5, 0.6) is 5.75 Å². The summed E-state index contributed by atoms with van der Waals surface area (Å²) in [5.41, 5.74) is 0.0462. The van der Waals surface area contributed by atoms with Crippen molar-refractivity contribution in [1.82, 2.24) is 4.90 Å². The van der Waals surface area contributed by atoms with E-state index >= 15 is 0 Å². The third kappa shape index (κ3) is 6.51. The Hall–Kier alpha value is -2.36. The van der Waals surface area contributed by atoms with E-state index in [2.05, 4.69) is 16.6 Å². The molecule has 1 aromatic rings. The molecular formula is C16H18F3NO3. The number of hydrogen-bond donors (Lipinski definition) is 0. The van der Waals surface area contributed by atoms with E-state index in [0.29, 0.717) is 5.56 Å². The zero-order valence-electron chi connectivity index (χ0n) is 13.3. The molecule has 0 aliphatic heterocycles. The molecule has 0 aliphatic rings. The molecule has 4 nitrogen and oxygen atoms in total. The van der Waals surface area contributed by atoms with E-state index in [4.69, 9.17) is 4.74 Å². The summed E-state index contributed by atoms with van der Waals surface area (Å²) in [5, 5.41) is 0. The molecule has 1 amide bonds. The number of halogens is 3. The molecule has 0 N–H and O–H groups in total. The van der Waals surface area contributed by atoms with Crippen LogP contribution in [0, 0.1) is 11.8 Å². The molecule has 1 aromatic carbocycles. The SMILES string of the molecule is COC(=O)N(CC#Cc1ccc(OC(F)(F)F)cc1)C(C)(C)C. The lowest BCUT2D eigenvalue weighted by Crippen LogP contribution is -2.45. The fourth-order valence-corrected chi connectivity index (χ4v) is 1.65. The number of rotatable bonds is 2. The number of benzene rings is 1. The van der Waals surface area contributed by atoms with Gasteiger partial charge >= 0.3 is 12.5 Å². The van der Waals surface area contributed by atoms with Crippen LogP contribution < -0.4 is 4.74 Å². The minimum absolute atomic E-state index is 0.136. The van der Waals surface area contributed by atoms with E-state index < -0.39 is 18.0 Å². The van der Waals surface area contributed by atoms with Gasteiger partial charge in [0.15, 0.2) is 0 Å². The van der Waals surface area contributed by atoms with Gasteiger partial charge in [-0.1, -0.05) is 11.8 Å². The maximum Gasteiger partial charge on any atom is 0.573 e. The molecule has 0 aliphatic carbocycles. The lowest BCUT2D eigenvalue weighted by molar-refractivity contribution is -0.274. The molecule has 0 radical (unpaired) electrons. The minimum Gasteiger partial charge on any atom is -0.453 e. The van der Waals surface area contributed by atoms with Crippen LogP contribution in [-0.4, -0.2) is 36.5 Å². The standard InChI is InChI=1S/C16H18F3NO3/c1-15(2,3)20(14(21)22-4)11-5-6-12-7-9-13(10-8-12)23-16(17,18)19/h7-10H,11H2,1-4H3. The molecule has 7 heteroatoms. The van der Waals surface area contributed by atoms with Crippen molar-refractivity contribution in [2.75, 3.05) is 13.7 Å². The van der Waals surface area contributed by atoms with Crippen molar-refractivity contribution in [3.05, 3.63) is 29.8 Å². The molecule has 0 spiro atoms. The molecule has 0 bridgehead atoms. The quantitative estimate of drug-likeness (QED) is 0.775. The third-order valence-electron chi connectivity index (χ3n) is 2.76. The van der Waals surface area contributed by atoms with Gasteiger partial charge in [-0.05, 0) is 45.0 Å². The van der Waals surface area contributed by atoms with Gasteiger partial charge in [0.1, 0.15) is 5.75 Å². The summed E-state index contributed by atoms with van der Waals surface area (Å²) in [7, 11) is 1.29. The molecule has 23 heavy (non-hydrogen) atoms. The maximum absolute atomic E-state index is 12.1. The third-order valence-corrected chi connectivity index (χ3v) is 2.76. The average molecular weight is 329 g/mol. The zero-order valence-corrected chi connectivity index (χ0v) is 13.3. The van der Waals surface area contributed by atoms with Crippen LogP contribution in [0.4, 0.5) is 18.0 Å². The summed E-state index contributed by atoms with van der Waals surface area (Å²) in [4.78, 5) is 13.1. The topological polar surface area (TPSA) is 38.8 Å². The maximum atomic E-state index is 12.1. The molecular weight excluding hydrogens is 311 g/mol. The molecule has 0 heterocycles. The van der Waals surface area contributed by atoms with Gasteiger partial charge in [-0.25, -0.2) is 4.79 Å². The van der Waals surface area contributed by atoms with E-state index in [0.717, 1.165) is 0 Å². The Bertz CT molecular complexity index is 592. The highest BCUT2D eigenvalue weighted by Crippen LogP contribution is 2.22. The van der Waals surface area contributed by atoms with Crippen molar-refractivity contribution in [3.8, 4) is 17.6 Å². The summed E-state index contributed by atoms with van der Waals surface area (Å²) < 4.78 is 44.6. The normalized spacial score (nSPS) is 11.3. The zero-order chi connectivity index (χ0) is 17.7. The van der Waals surface area contributed by atoms with Crippen LogP contribution >= 0.6 is 0 Å². The first kappa shape index (κ1) is 18.7. The second-order valence-electron chi connectivity index (χ2n) is 5.60. The van der Waals surface area contributed by atoms with Crippen LogP contribution in [0.1, 0.15) is 26.3 Å². The number of hydrogen-bond acceptors (Lipinski definition) is 3. The molecule has 0 unspecified atom stereocenters. The smallest absolute Gasteiger partial charge is 0.453 e. The van der Waals surface area contributed by atoms with E-state index in [-0.39, 0.29) is 12.3 Å². The Morgan fingerprint density at radius 1 is 1.17 bits per heavy atom. The summed E-state index contributed by atoms with van der Waals surface area (Å²) >= 11 is 0. The number of methoxy groups -OCH3 is 1. The molecule has 126 valence electrons. The van der Waals surface area contributed by atoms with Crippen molar-refractivity contribution >= 4 is 6.09 Å². The van der Waals surface area contributed by atoms with Gasteiger partial charge in [0.2, 0.25) is 0 Å². The van der Waals surface area contributed by atoms with Crippen LogP contribution in [0.2, 0.25) is 0 Å². The van der Waals surface area contributed by atoms with E-state index in [1.165, 1.54) is 36.3 Å². The second kappa shape index (κ2) is 7.27. The van der Waals surface area contributed by atoms with Crippen molar-refractivity contribution in [1.29, 1.82) is 0 Å². The van der Waals surface area contributed by atoms with Crippen molar-refractivity contribution in [2.24, 2.45) is 0 Å². The monoisotopic (exact) mass is 329 g/mol. The Morgan fingerprint density at radius 3 is 2.17 bits per heavy atom. The van der Waals surface area contributed by atoms with Crippen LogP contribution in [0.25, 0.3) is 0 Å². The number of carbonyl (C=O) groups is 1. The molecule has 1 rings (SSSR count). The summed E-state index contributed by atoms with van der Waals surface area (Å²) in [6.45, 7) is 5.66. The predicted molar refractivity (Wildman–Crippen MR) is 78.9 cm³/mol. The number of alkyl halides is 3. The van der Waals surface area contributed by atoms with Gasteiger partial charge in [0.25, 0.3) is 0 Å². The highest BCUT2D eigenvalue weighted by atomic mass is 19.4. The first-order valence-electron chi connectivity index (χ1n) is 6.73. The van der Waals surface area contributed by atoms with Crippen LogP contribution in [-0.2, 0) is 4.74 Å². The highest BCUT2D eigenvalue weighted by molar-refractivity contribution is 5.68.